The fraction of sp³-hybridized carbons (Fsp3) is 0.632. The molecule has 2 aliphatic heterocycles. The number of nitrogens with two attached hydrogens (primary N) is 1. The van der Waals surface area contributed by atoms with Gasteiger partial charge in [-0.2, -0.15) is 0 Å². The third-order valence-corrected chi connectivity index (χ3v) is 11.8. The second-order valence-electron chi connectivity index (χ2n) is 15.3. The fourth-order valence-electron chi connectivity index (χ4n) is 6.56. The topological polar surface area (TPSA) is 235 Å². The van der Waals surface area contributed by atoms with Crippen molar-refractivity contribution in [3.8, 4) is 0 Å². The number of rotatable bonds is 18. The minimum absolute atomic E-state index is 0.112. The zero-order valence-corrected chi connectivity index (χ0v) is 33.3. The highest BCUT2D eigenvalue weighted by molar-refractivity contribution is 7.90. The molecule has 3 aliphatic rings. The van der Waals surface area contributed by atoms with Crippen molar-refractivity contribution in [2.75, 3.05) is 19.7 Å². The predicted molar refractivity (Wildman–Crippen MR) is 205 cm³/mol. The number of alkyl carbamates (subject to hydrolysis) is 1. The van der Waals surface area contributed by atoms with E-state index < -0.39 is 52.0 Å². The number of unbranched alkanes of at least 4 members (excludes halogenated alkanes) is 1. The van der Waals surface area contributed by atoms with Gasteiger partial charge in [0.1, 0.15) is 12.1 Å². The molecule has 1 saturated heterocycles. The molecule has 306 valence electrons. The standard InChI is InChI=1S/C29H41N5O7.C9H17NO3S/c1-4-24(35)31-15-22(26(37)34-14-8-12-23(34)25(30)36)32-27(38)41-18-29(2,3)13-6-5-9-19-10-7-11-20-16-33(28(39)40)17-21(19)20;1-3-4-7(2)9(11)10-14(12,13)8-5-6-8/h4,7,10-11,22-23H,1,5-6,8-9,12-18H2,2-3H3,(H2,30,36)(H,31,35)(H,32,38)(H,39,40);7-8H,3-6H2,1-2H3,(H,10,11)/t22-,23-;7-/m01/s1. The Morgan fingerprint density at radius 2 is 1.82 bits per heavy atom. The van der Waals surface area contributed by atoms with Gasteiger partial charge in [-0.15, -0.1) is 0 Å². The number of benzene rings is 1. The molecule has 0 bridgehead atoms. The molecule has 1 aliphatic carbocycles. The van der Waals surface area contributed by atoms with Gasteiger partial charge in [0.2, 0.25) is 33.7 Å². The Labute approximate surface area is 324 Å². The summed E-state index contributed by atoms with van der Waals surface area (Å²) in [5, 5.41) is 14.0. The molecular weight excluding hydrogens is 733 g/mol. The number of hydrogen-bond donors (Lipinski definition) is 5. The fourth-order valence-corrected chi connectivity index (χ4v) is 7.97. The molecule has 0 aromatic heterocycles. The Morgan fingerprint density at radius 1 is 1.11 bits per heavy atom. The molecule has 16 nitrogen and oxygen atoms in total. The van der Waals surface area contributed by atoms with E-state index >= 15 is 0 Å². The Morgan fingerprint density at radius 3 is 2.44 bits per heavy atom. The largest absolute Gasteiger partial charge is 0.465 e. The number of likely N-dealkylation sites (tertiary alicyclic amines) is 1. The van der Waals surface area contributed by atoms with Gasteiger partial charge in [-0.3, -0.25) is 28.8 Å². The molecule has 4 rings (SSSR count). The van der Waals surface area contributed by atoms with Crippen LogP contribution in [0.1, 0.15) is 102 Å². The molecule has 0 spiro atoms. The van der Waals surface area contributed by atoms with Gasteiger partial charge in [0.15, 0.2) is 0 Å². The van der Waals surface area contributed by atoms with E-state index in [9.17, 15) is 42.3 Å². The lowest BCUT2D eigenvalue weighted by atomic mass is 9.87. The average molecular weight is 791 g/mol. The van der Waals surface area contributed by atoms with Crippen LogP contribution in [-0.4, -0.2) is 96.2 Å². The van der Waals surface area contributed by atoms with E-state index in [0.29, 0.717) is 45.3 Å². The monoisotopic (exact) mass is 790 g/mol. The highest BCUT2D eigenvalue weighted by atomic mass is 32.2. The Bertz CT molecular complexity index is 1680. The van der Waals surface area contributed by atoms with Gasteiger partial charge in [0.25, 0.3) is 0 Å². The molecule has 55 heavy (non-hydrogen) atoms. The van der Waals surface area contributed by atoms with Crippen LogP contribution < -0.4 is 21.1 Å². The van der Waals surface area contributed by atoms with Crippen molar-refractivity contribution in [3.05, 3.63) is 47.5 Å². The van der Waals surface area contributed by atoms with E-state index in [1.807, 2.05) is 39.0 Å². The van der Waals surface area contributed by atoms with Gasteiger partial charge >= 0.3 is 12.2 Å². The molecule has 1 saturated carbocycles. The molecule has 0 unspecified atom stereocenters. The third kappa shape index (κ3) is 13.8. The first-order valence-electron chi connectivity index (χ1n) is 18.9. The maximum absolute atomic E-state index is 13.2. The summed E-state index contributed by atoms with van der Waals surface area (Å²) in [6, 6.07) is 4.09. The third-order valence-electron chi connectivity index (χ3n) is 9.99. The zero-order chi connectivity index (χ0) is 40.9. The number of carbonyl (C=O) groups excluding carboxylic acids is 5. The Hall–Kier alpha value is -4.67. The van der Waals surface area contributed by atoms with Crippen LogP contribution in [0.5, 0.6) is 0 Å². The van der Waals surface area contributed by atoms with Gasteiger partial charge in [-0.1, -0.05) is 65.3 Å². The van der Waals surface area contributed by atoms with Crippen LogP contribution in [-0.2, 0) is 53.4 Å². The summed E-state index contributed by atoms with van der Waals surface area (Å²) in [4.78, 5) is 74.8. The number of amides is 6. The molecule has 17 heteroatoms. The second-order valence-corrected chi connectivity index (χ2v) is 17.2. The summed E-state index contributed by atoms with van der Waals surface area (Å²) < 4.78 is 30.4. The summed E-state index contributed by atoms with van der Waals surface area (Å²) in [5.74, 6) is -2.22. The number of primary amides is 1. The van der Waals surface area contributed by atoms with Crippen molar-refractivity contribution in [3.63, 3.8) is 0 Å². The first-order chi connectivity index (χ1) is 25.9. The average Bonchev–Trinajstić information content (AvgIpc) is 3.72. The molecule has 1 aromatic carbocycles. The second kappa shape index (κ2) is 20.3. The summed E-state index contributed by atoms with van der Waals surface area (Å²) in [5.41, 5.74) is 8.42. The first kappa shape index (κ1) is 44.7. The van der Waals surface area contributed by atoms with Gasteiger partial charge in [0, 0.05) is 32.1 Å². The normalized spacial score (nSPS) is 17.5. The van der Waals surface area contributed by atoms with Crippen LogP contribution in [0.4, 0.5) is 9.59 Å². The van der Waals surface area contributed by atoms with Crippen LogP contribution in [0.3, 0.4) is 0 Å². The number of nitrogens with one attached hydrogen (secondary N) is 3. The SMILES string of the molecule is C=CC(=O)NC[C@H](NC(=O)OCC(C)(C)CCCCc1cccc2c1CN(C(=O)O)C2)C(=O)N1CCC[C@H]1C(N)=O.CCC[C@@H](C)C(=O)NS(=O)(=O)C1CC1. The van der Waals surface area contributed by atoms with E-state index in [1.165, 1.54) is 9.80 Å². The van der Waals surface area contributed by atoms with Gasteiger partial charge in [-0.05, 0) is 79.5 Å². The quantitative estimate of drug-likeness (QED) is 0.107. The van der Waals surface area contributed by atoms with E-state index in [4.69, 9.17) is 10.5 Å². The highest BCUT2D eigenvalue weighted by Crippen LogP contribution is 2.29. The van der Waals surface area contributed by atoms with Crippen LogP contribution in [0.15, 0.2) is 30.9 Å². The molecule has 1 aromatic rings. The van der Waals surface area contributed by atoms with Gasteiger partial charge in [0.05, 0.1) is 11.9 Å². The van der Waals surface area contributed by atoms with Crippen LogP contribution in [0, 0.1) is 11.3 Å². The number of sulfonamides is 1. The van der Waals surface area contributed by atoms with E-state index in [2.05, 4.69) is 21.9 Å². The summed E-state index contributed by atoms with van der Waals surface area (Å²) >= 11 is 0. The van der Waals surface area contributed by atoms with Crippen molar-refractivity contribution in [2.24, 2.45) is 17.1 Å². The molecule has 0 radical (unpaired) electrons. The summed E-state index contributed by atoms with van der Waals surface area (Å²) in [6.07, 6.45) is 6.76. The maximum Gasteiger partial charge on any atom is 0.407 e. The highest BCUT2D eigenvalue weighted by Gasteiger charge is 2.38. The van der Waals surface area contributed by atoms with E-state index in [0.717, 1.165) is 61.3 Å². The van der Waals surface area contributed by atoms with Crippen molar-refractivity contribution >= 4 is 45.8 Å². The lowest BCUT2D eigenvalue weighted by molar-refractivity contribution is -0.139. The minimum atomic E-state index is -3.35. The smallest absolute Gasteiger partial charge is 0.407 e. The molecule has 2 heterocycles. The minimum Gasteiger partial charge on any atom is -0.465 e. The van der Waals surface area contributed by atoms with Gasteiger partial charge < -0.3 is 31.1 Å². The molecule has 3 atom stereocenters. The molecule has 2 fully saturated rings. The Kier molecular flexibility index (Phi) is 16.5. The maximum atomic E-state index is 13.2. The van der Waals surface area contributed by atoms with Crippen LogP contribution >= 0.6 is 0 Å². The van der Waals surface area contributed by atoms with Crippen molar-refractivity contribution in [1.82, 2.24) is 25.2 Å². The first-order valence-corrected chi connectivity index (χ1v) is 20.5. The number of nitrogens with zero attached hydrogens (tertiary/aromatic N) is 2. The lowest BCUT2D eigenvalue weighted by Gasteiger charge is -2.28. The van der Waals surface area contributed by atoms with Crippen molar-refractivity contribution in [1.29, 1.82) is 0 Å². The number of aryl methyl sites for hydroxylation is 1. The van der Waals surface area contributed by atoms with Gasteiger partial charge in [-0.25, -0.2) is 18.0 Å². The van der Waals surface area contributed by atoms with Crippen LogP contribution in [0.25, 0.3) is 0 Å². The number of hydrogen-bond acceptors (Lipinski definition) is 9. The molecule has 6 N–H and O–H groups in total. The lowest BCUT2D eigenvalue weighted by Crippen LogP contribution is -2.56. The van der Waals surface area contributed by atoms with Crippen molar-refractivity contribution in [2.45, 2.75) is 122 Å². The predicted octanol–water partition coefficient (Wildman–Crippen LogP) is 3.32. The number of carboxylic acid groups (broad SMARTS) is 1. The number of carbonyl (C=O) groups is 6. The van der Waals surface area contributed by atoms with E-state index in [-0.39, 0.29) is 35.6 Å². The van der Waals surface area contributed by atoms with Crippen molar-refractivity contribution < 1.29 is 47.0 Å². The zero-order valence-electron chi connectivity index (χ0n) is 32.4. The molecule has 6 amide bonds. The molecular formula is C38H58N6O10S. The van der Waals surface area contributed by atoms with Crippen LogP contribution in [0.2, 0.25) is 0 Å². The summed E-state index contributed by atoms with van der Waals surface area (Å²) in [6.45, 7) is 12.1. The van der Waals surface area contributed by atoms with E-state index in [1.54, 1.807) is 6.92 Å². The Balaban J connectivity index is 0.000000486. The number of fused-ring (bicyclic) bond motifs is 1. The number of ether oxygens (including phenoxy) is 1. The summed E-state index contributed by atoms with van der Waals surface area (Å²) in [7, 11) is -3.35.